The zero-order chi connectivity index (χ0) is 16.2. The average Bonchev–Trinajstić information content (AvgIpc) is 3.06. The number of hydrogen-bond acceptors (Lipinski definition) is 4. The molecule has 0 aliphatic rings. The van der Waals surface area contributed by atoms with Gasteiger partial charge in [-0.05, 0) is 43.3 Å². The predicted octanol–water partition coefficient (Wildman–Crippen LogP) is 3.40. The van der Waals surface area contributed by atoms with Gasteiger partial charge in [0.2, 0.25) is 0 Å². The van der Waals surface area contributed by atoms with Gasteiger partial charge in [-0.1, -0.05) is 13.8 Å². The van der Waals surface area contributed by atoms with E-state index in [1.54, 1.807) is 17.4 Å². The van der Waals surface area contributed by atoms with Crippen LogP contribution in [-0.4, -0.2) is 28.1 Å². The highest BCUT2D eigenvalue weighted by atomic mass is 32.1. The van der Waals surface area contributed by atoms with Crippen LogP contribution in [0.2, 0.25) is 0 Å². The summed E-state index contributed by atoms with van der Waals surface area (Å²) < 4.78 is 0. The molecule has 2 rings (SSSR count). The van der Waals surface area contributed by atoms with Crippen molar-refractivity contribution in [1.29, 1.82) is 0 Å². The van der Waals surface area contributed by atoms with E-state index in [1.165, 1.54) is 0 Å². The highest BCUT2D eigenvalue weighted by molar-refractivity contribution is 7.08. The van der Waals surface area contributed by atoms with E-state index in [-0.39, 0.29) is 12.5 Å². The summed E-state index contributed by atoms with van der Waals surface area (Å²) in [7, 11) is 0. The first kappa shape index (κ1) is 16.6. The number of carbonyl (C=O) groups excluding carboxylic acids is 1. The van der Waals surface area contributed by atoms with Gasteiger partial charge in [0.25, 0.3) is 5.91 Å². The van der Waals surface area contributed by atoms with Gasteiger partial charge in [0.1, 0.15) is 0 Å². The maximum Gasteiger partial charge on any atom is 0.253 e. The zero-order valence-electron chi connectivity index (χ0n) is 13.2. The molecule has 2 aromatic heterocycles. The number of pyridine rings is 1. The summed E-state index contributed by atoms with van der Waals surface area (Å²) in [6, 6.07) is 5.66. The van der Waals surface area contributed by atoms with E-state index in [9.17, 15) is 9.90 Å². The second kappa shape index (κ2) is 7.03. The van der Waals surface area contributed by atoms with Crippen molar-refractivity contribution in [2.75, 3.05) is 6.54 Å². The van der Waals surface area contributed by atoms with E-state index in [1.807, 2.05) is 43.7 Å². The van der Waals surface area contributed by atoms with E-state index in [0.717, 1.165) is 11.3 Å². The van der Waals surface area contributed by atoms with Gasteiger partial charge >= 0.3 is 0 Å². The van der Waals surface area contributed by atoms with E-state index in [0.29, 0.717) is 24.1 Å². The van der Waals surface area contributed by atoms with Crippen molar-refractivity contribution in [2.45, 2.75) is 39.2 Å². The Bertz CT molecular complexity index is 634. The lowest BCUT2D eigenvalue weighted by Crippen LogP contribution is -2.42. The highest BCUT2D eigenvalue weighted by Gasteiger charge is 2.23. The molecule has 0 fully saturated rings. The third-order valence-electron chi connectivity index (χ3n) is 4.04. The molecule has 0 radical (unpaired) electrons. The summed E-state index contributed by atoms with van der Waals surface area (Å²) in [4.78, 5) is 16.8. The molecule has 0 aliphatic heterocycles. The van der Waals surface area contributed by atoms with Gasteiger partial charge in [0.05, 0.1) is 22.6 Å². The number of aliphatic hydroxyl groups is 1. The monoisotopic (exact) mass is 318 g/mol. The van der Waals surface area contributed by atoms with Crippen molar-refractivity contribution < 1.29 is 9.90 Å². The van der Waals surface area contributed by atoms with Crippen LogP contribution in [0.5, 0.6) is 0 Å². The molecule has 2 N–H and O–H groups in total. The van der Waals surface area contributed by atoms with Crippen LogP contribution in [0.4, 0.5) is 0 Å². The minimum absolute atomic E-state index is 0.192. The first-order valence-electron chi connectivity index (χ1n) is 7.50. The number of amides is 1. The number of thiophene rings is 1. The first-order valence-corrected chi connectivity index (χ1v) is 8.44. The Kier molecular flexibility index (Phi) is 5.32. The fraction of sp³-hybridized carbons (Fsp3) is 0.412. The normalized spacial score (nSPS) is 11.5. The van der Waals surface area contributed by atoms with Crippen molar-refractivity contribution in [2.24, 2.45) is 0 Å². The molecular formula is C17H22N2O2S. The summed E-state index contributed by atoms with van der Waals surface area (Å²) in [6.07, 6.45) is 1.22. The Morgan fingerprint density at radius 1 is 1.32 bits per heavy atom. The molecule has 0 aromatic carbocycles. The van der Waals surface area contributed by atoms with E-state index in [2.05, 4.69) is 10.3 Å². The Labute approximate surface area is 135 Å². The van der Waals surface area contributed by atoms with E-state index in [4.69, 9.17) is 0 Å². The smallest absolute Gasteiger partial charge is 0.253 e. The van der Waals surface area contributed by atoms with Crippen LogP contribution in [0.3, 0.4) is 0 Å². The minimum Gasteiger partial charge on any atom is -0.388 e. The van der Waals surface area contributed by atoms with Gasteiger partial charge in [-0.15, -0.1) is 0 Å². The van der Waals surface area contributed by atoms with Gasteiger partial charge < -0.3 is 10.4 Å². The molecule has 0 unspecified atom stereocenters. The maximum absolute atomic E-state index is 12.3. The lowest BCUT2D eigenvalue weighted by Gasteiger charge is -2.25. The number of aryl methyl sites for hydroxylation is 1. The second-order valence-corrected chi connectivity index (χ2v) is 6.24. The van der Waals surface area contributed by atoms with Crippen molar-refractivity contribution in [1.82, 2.24) is 10.3 Å². The largest absolute Gasteiger partial charge is 0.388 e. The topological polar surface area (TPSA) is 62.2 Å². The fourth-order valence-electron chi connectivity index (χ4n) is 2.21. The summed E-state index contributed by atoms with van der Waals surface area (Å²) in [5.74, 6) is -0.192. The van der Waals surface area contributed by atoms with Crippen molar-refractivity contribution >= 4 is 17.2 Å². The Balaban J connectivity index is 2.11. The standard InChI is InChI=1S/C17H22N2O2S/c1-4-17(21,5-2)11-18-16(20)14-6-7-15(19-12(14)3)13-8-9-22-10-13/h6-10,21H,4-5,11H2,1-3H3,(H,18,20). The first-order chi connectivity index (χ1) is 10.5. The summed E-state index contributed by atoms with van der Waals surface area (Å²) in [5.41, 5.74) is 2.33. The predicted molar refractivity (Wildman–Crippen MR) is 90.2 cm³/mol. The van der Waals surface area contributed by atoms with Gasteiger partial charge in [-0.2, -0.15) is 11.3 Å². The van der Waals surface area contributed by atoms with E-state index >= 15 is 0 Å². The van der Waals surface area contributed by atoms with Crippen molar-refractivity contribution in [3.63, 3.8) is 0 Å². The zero-order valence-corrected chi connectivity index (χ0v) is 14.0. The van der Waals surface area contributed by atoms with Crippen molar-refractivity contribution in [3.8, 4) is 11.3 Å². The fourth-order valence-corrected chi connectivity index (χ4v) is 2.86. The molecule has 5 heteroatoms. The van der Waals surface area contributed by atoms with Gasteiger partial charge in [-0.25, -0.2) is 0 Å². The maximum atomic E-state index is 12.3. The Morgan fingerprint density at radius 2 is 2.05 bits per heavy atom. The average molecular weight is 318 g/mol. The molecule has 2 heterocycles. The molecule has 118 valence electrons. The third-order valence-corrected chi connectivity index (χ3v) is 4.72. The Morgan fingerprint density at radius 3 is 2.59 bits per heavy atom. The highest BCUT2D eigenvalue weighted by Crippen LogP contribution is 2.21. The van der Waals surface area contributed by atoms with Crippen LogP contribution < -0.4 is 5.32 Å². The molecule has 0 spiro atoms. The van der Waals surface area contributed by atoms with Gasteiger partial charge in [-0.3, -0.25) is 9.78 Å². The number of hydrogen-bond donors (Lipinski definition) is 2. The van der Waals surface area contributed by atoms with Crippen LogP contribution in [0.25, 0.3) is 11.3 Å². The number of aromatic nitrogens is 1. The lowest BCUT2D eigenvalue weighted by molar-refractivity contribution is 0.0314. The van der Waals surface area contributed by atoms with Crippen LogP contribution in [0, 0.1) is 6.92 Å². The summed E-state index contributed by atoms with van der Waals surface area (Å²) >= 11 is 1.62. The molecule has 0 bridgehead atoms. The van der Waals surface area contributed by atoms with Crippen LogP contribution in [0.15, 0.2) is 29.0 Å². The number of nitrogens with zero attached hydrogens (tertiary/aromatic N) is 1. The van der Waals surface area contributed by atoms with Gasteiger partial charge in [0, 0.05) is 17.5 Å². The SMILES string of the molecule is CCC(O)(CC)CNC(=O)c1ccc(-c2ccsc2)nc1C. The van der Waals surface area contributed by atoms with Crippen LogP contribution in [-0.2, 0) is 0 Å². The number of nitrogens with one attached hydrogen (secondary N) is 1. The number of carbonyl (C=O) groups is 1. The lowest BCUT2D eigenvalue weighted by atomic mass is 9.97. The molecule has 0 aliphatic carbocycles. The van der Waals surface area contributed by atoms with Crippen molar-refractivity contribution in [3.05, 3.63) is 40.2 Å². The molecule has 0 saturated carbocycles. The summed E-state index contributed by atoms with van der Waals surface area (Å²) in [6.45, 7) is 5.91. The molecular weight excluding hydrogens is 296 g/mol. The minimum atomic E-state index is -0.840. The van der Waals surface area contributed by atoms with E-state index < -0.39 is 5.60 Å². The molecule has 0 atom stereocenters. The quantitative estimate of drug-likeness (QED) is 0.858. The van der Waals surface area contributed by atoms with Gasteiger partial charge in [0.15, 0.2) is 0 Å². The number of rotatable bonds is 6. The third kappa shape index (κ3) is 3.72. The van der Waals surface area contributed by atoms with Crippen LogP contribution >= 0.6 is 11.3 Å². The molecule has 2 aromatic rings. The summed E-state index contributed by atoms with van der Waals surface area (Å²) in [5, 5.41) is 17.1. The van der Waals surface area contributed by atoms with Crippen LogP contribution in [0.1, 0.15) is 42.7 Å². The second-order valence-electron chi connectivity index (χ2n) is 5.46. The Hall–Kier alpha value is -1.72. The molecule has 4 nitrogen and oxygen atoms in total. The molecule has 22 heavy (non-hydrogen) atoms. The molecule has 0 saturated heterocycles. The molecule has 1 amide bonds.